The number of hydrogen-bond acceptors (Lipinski definition) is 5. The van der Waals surface area contributed by atoms with Gasteiger partial charge in [-0.3, -0.25) is 0 Å². The molecule has 0 amide bonds. The summed E-state index contributed by atoms with van der Waals surface area (Å²) < 4.78 is 6.98. The zero-order chi connectivity index (χ0) is 12.1. The van der Waals surface area contributed by atoms with Gasteiger partial charge in [0.05, 0.1) is 24.3 Å². The lowest BCUT2D eigenvalue weighted by molar-refractivity contribution is 0.187. The topological polar surface area (TPSA) is 66.0 Å². The Morgan fingerprint density at radius 2 is 2.29 bits per heavy atom. The van der Waals surface area contributed by atoms with Crippen molar-refractivity contribution >= 4 is 28.6 Å². The minimum atomic E-state index is 0.579. The summed E-state index contributed by atoms with van der Waals surface area (Å²) >= 11 is 1.43. The maximum Gasteiger partial charge on any atom is 0.180 e. The third kappa shape index (κ3) is 3.40. The quantitative estimate of drug-likeness (QED) is 0.877. The predicted molar refractivity (Wildman–Crippen MR) is 69.6 cm³/mol. The van der Waals surface area contributed by atoms with Crippen molar-refractivity contribution in [2.45, 2.75) is 6.54 Å². The number of nitrogens with two attached hydrogens (primary N) is 1. The highest BCUT2D eigenvalue weighted by molar-refractivity contribution is 7.13. The first-order valence-corrected chi connectivity index (χ1v) is 6.05. The molecule has 2 N–H and O–H groups in total. The molecule has 6 heteroatoms. The summed E-state index contributed by atoms with van der Waals surface area (Å²) in [6.07, 6.45) is 7.56. The molecule has 2 aromatic heterocycles. The molecule has 0 aliphatic rings. The van der Waals surface area contributed by atoms with Gasteiger partial charge in [0.15, 0.2) is 5.13 Å². The summed E-state index contributed by atoms with van der Waals surface area (Å²) in [5.41, 5.74) is 7.30. The van der Waals surface area contributed by atoms with Crippen LogP contribution in [-0.4, -0.2) is 28.3 Å². The third-order valence-corrected chi connectivity index (χ3v) is 2.86. The number of nitrogen functional groups attached to an aromatic ring is 1. The van der Waals surface area contributed by atoms with E-state index >= 15 is 0 Å². The van der Waals surface area contributed by atoms with Gasteiger partial charge in [0, 0.05) is 25.2 Å². The van der Waals surface area contributed by atoms with Gasteiger partial charge >= 0.3 is 0 Å². The number of ether oxygens (including phenoxy) is 1. The molecule has 0 radical (unpaired) electrons. The van der Waals surface area contributed by atoms with E-state index in [1.165, 1.54) is 11.3 Å². The van der Waals surface area contributed by atoms with Crippen LogP contribution in [0.15, 0.2) is 17.9 Å². The van der Waals surface area contributed by atoms with Crippen molar-refractivity contribution < 1.29 is 4.74 Å². The van der Waals surface area contributed by atoms with Gasteiger partial charge in [-0.1, -0.05) is 0 Å². The molecular weight excluding hydrogens is 236 g/mol. The number of thiazole rings is 1. The predicted octanol–water partition coefficient (Wildman–Crippen LogP) is 1.74. The van der Waals surface area contributed by atoms with Crippen LogP contribution in [0.4, 0.5) is 5.13 Å². The van der Waals surface area contributed by atoms with Crippen LogP contribution in [0.1, 0.15) is 11.4 Å². The van der Waals surface area contributed by atoms with Gasteiger partial charge < -0.3 is 15.0 Å². The first kappa shape index (κ1) is 11.8. The Kier molecular flexibility index (Phi) is 3.89. The van der Waals surface area contributed by atoms with E-state index in [1.807, 2.05) is 28.3 Å². The monoisotopic (exact) mass is 250 g/mol. The molecule has 0 aliphatic heterocycles. The third-order valence-electron chi connectivity index (χ3n) is 2.17. The van der Waals surface area contributed by atoms with Crippen LogP contribution in [0.3, 0.4) is 0 Å². The summed E-state index contributed by atoms with van der Waals surface area (Å²) in [6.45, 7) is 1.49. The highest BCUT2D eigenvalue weighted by Crippen LogP contribution is 2.13. The second-order valence-electron chi connectivity index (χ2n) is 3.47. The van der Waals surface area contributed by atoms with Crippen molar-refractivity contribution in [3.8, 4) is 0 Å². The highest BCUT2D eigenvalue weighted by Gasteiger charge is 1.96. The molecular formula is C11H14N4OS. The fraction of sp³-hybridized carbons (Fsp3) is 0.273. The SMILES string of the molecule is COCCn1cnc(C=Cc2csc(N)n2)c1. The van der Waals surface area contributed by atoms with Crippen LogP contribution in [0.25, 0.3) is 12.2 Å². The van der Waals surface area contributed by atoms with E-state index in [1.54, 1.807) is 13.4 Å². The lowest BCUT2D eigenvalue weighted by Gasteiger charge is -1.98. The summed E-state index contributed by atoms with van der Waals surface area (Å²) in [5.74, 6) is 0. The zero-order valence-electron chi connectivity index (χ0n) is 9.54. The Morgan fingerprint density at radius 1 is 1.47 bits per heavy atom. The molecule has 0 unspecified atom stereocenters. The van der Waals surface area contributed by atoms with Crippen molar-refractivity contribution in [2.75, 3.05) is 19.5 Å². The Balaban J connectivity index is 1.98. The molecule has 0 aliphatic carbocycles. The minimum absolute atomic E-state index is 0.579. The molecule has 2 aromatic rings. The van der Waals surface area contributed by atoms with Crippen LogP contribution in [0.5, 0.6) is 0 Å². The van der Waals surface area contributed by atoms with Gasteiger partial charge in [-0.15, -0.1) is 11.3 Å². The normalized spacial score (nSPS) is 11.4. The van der Waals surface area contributed by atoms with E-state index in [-0.39, 0.29) is 0 Å². The maximum atomic E-state index is 5.55. The van der Waals surface area contributed by atoms with Crippen molar-refractivity contribution in [3.05, 3.63) is 29.3 Å². The molecule has 0 saturated carbocycles. The summed E-state index contributed by atoms with van der Waals surface area (Å²) in [6, 6.07) is 0. The number of anilines is 1. The Bertz CT molecular complexity index is 503. The molecule has 17 heavy (non-hydrogen) atoms. The van der Waals surface area contributed by atoms with E-state index in [0.29, 0.717) is 11.7 Å². The van der Waals surface area contributed by atoms with Crippen LogP contribution in [0, 0.1) is 0 Å². The average Bonchev–Trinajstić information content (AvgIpc) is 2.93. The summed E-state index contributed by atoms with van der Waals surface area (Å²) in [4.78, 5) is 8.39. The molecule has 90 valence electrons. The van der Waals surface area contributed by atoms with Crippen LogP contribution in [-0.2, 0) is 11.3 Å². The first-order chi connectivity index (χ1) is 8.28. The molecule has 5 nitrogen and oxygen atoms in total. The number of nitrogens with zero attached hydrogens (tertiary/aromatic N) is 3. The van der Waals surface area contributed by atoms with E-state index in [4.69, 9.17) is 10.5 Å². The lowest BCUT2D eigenvalue weighted by atomic mass is 10.3. The van der Waals surface area contributed by atoms with Crippen LogP contribution < -0.4 is 5.73 Å². The minimum Gasteiger partial charge on any atom is -0.383 e. The fourth-order valence-electron chi connectivity index (χ4n) is 1.33. The Labute approximate surface area is 104 Å². The summed E-state index contributed by atoms with van der Waals surface area (Å²) in [5, 5.41) is 2.49. The van der Waals surface area contributed by atoms with Crippen molar-refractivity contribution in [1.29, 1.82) is 0 Å². The standard InChI is InChI=1S/C11H14N4OS/c1-16-5-4-15-6-9(13-8-15)2-3-10-7-17-11(12)14-10/h2-3,6-8H,4-5H2,1H3,(H2,12,14). The highest BCUT2D eigenvalue weighted by atomic mass is 32.1. The molecule has 0 saturated heterocycles. The maximum absolute atomic E-state index is 5.55. The van der Waals surface area contributed by atoms with E-state index in [0.717, 1.165) is 17.9 Å². The van der Waals surface area contributed by atoms with Crippen molar-refractivity contribution in [1.82, 2.24) is 14.5 Å². The van der Waals surface area contributed by atoms with Gasteiger partial charge in [-0.2, -0.15) is 0 Å². The first-order valence-electron chi connectivity index (χ1n) is 5.18. The fourth-order valence-corrected chi connectivity index (χ4v) is 1.86. The molecule has 0 fully saturated rings. The molecule has 0 aromatic carbocycles. The number of methoxy groups -OCH3 is 1. The Morgan fingerprint density at radius 3 is 3.00 bits per heavy atom. The van der Waals surface area contributed by atoms with Gasteiger partial charge in [0.25, 0.3) is 0 Å². The number of imidazole rings is 1. The molecule has 0 atom stereocenters. The second kappa shape index (κ2) is 5.60. The number of rotatable bonds is 5. The Hall–Kier alpha value is -1.66. The van der Waals surface area contributed by atoms with E-state index < -0.39 is 0 Å². The average molecular weight is 250 g/mol. The second-order valence-corrected chi connectivity index (χ2v) is 4.36. The van der Waals surface area contributed by atoms with E-state index in [2.05, 4.69) is 9.97 Å². The molecule has 2 heterocycles. The zero-order valence-corrected chi connectivity index (χ0v) is 10.4. The van der Waals surface area contributed by atoms with Crippen LogP contribution in [0.2, 0.25) is 0 Å². The lowest BCUT2D eigenvalue weighted by Crippen LogP contribution is -2.00. The van der Waals surface area contributed by atoms with Crippen molar-refractivity contribution in [3.63, 3.8) is 0 Å². The van der Waals surface area contributed by atoms with Crippen molar-refractivity contribution in [2.24, 2.45) is 0 Å². The van der Waals surface area contributed by atoms with Gasteiger partial charge in [-0.05, 0) is 12.2 Å². The largest absolute Gasteiger partial charge is 0.383 e. The number of aromatic nitrogens is 3. The molecule has 0 spiro atoms. The molecule has 2 rings (SSSR count). The van der Waals surface area contributed by atoms with Gasteiger partial charge in [0.2, 0.25) is 0 Å². The smallest absolute Gasteiger partial charge is 0.180 e. The number of hydrogen-bond donors (Lipinski definition) is 1. The van der Waals surface area contributed by atoms with E-state index in [9.17, 15) is 0 Å². The van der Waals surface area contributed by atoms with Gasteiger partial charge in [0.1, 0.15) is 0 Å². The summed E-state index contributed by atoms with van der Waals surface area (Å²) in [7, 11) is 1.68. The van der Waals surface area contributed by atoms with Gasteiger partial charge in [-0.25, -0.2) is 9.97 Å². The molecule has 0 bridgehead atoms. The van der Waals surface area contributed by atoms with Crippen LogP contribution >= 0.6 is 11.3 Å².